The maximum atomic E-state index is 13.4. The number of H-pyrrole nitrogens is 1. The van der Waals surface area contributed by atoms with Gasteiger partial charge in [-0.25, -0.2) is 9.07 Å². The van der Waals surface area contributed by atoms with Gasteiger partial charge in [-0.05, 0) is 70.3 Å². The Morgan fingerprint density at radius 3 is 2.58 bits per heavy atom. The topological polar surface area (TPSA) is 92.2 Å². The Hall–Kier alpha value is -3.63. The molecule has 0 aliphatic carbocycles. The number of hydrogen-bond acceptors (Lipinski definition) is 7. The number of fused-ring (bicyclic) bond motifs is 1. The highest BCUT2D eigenvalue weighted by Gasteiger charge is 2.32. The van der Waals surface area contributed by atoms with Crippen LogP contribution < -0.4 is 10.5 Å². The fourth-order valence-electron chi connectivity index (χ4n) is 4.83. The third-order valence-electron chi connectivity index (χ3n) is 6.82. The van der Waals surface area contributed by atoms with Gasteiger partial charge < -0.3 is 14.6 Å². The van der Waals surface area contributed by atoms with Gasteiger partial charge >= 0.3 is 0 Å². The monoisotopic (exact) mass is 491 g/mol. The minimum atomic E-state index is -0.425. The number of nitrogens with one attached hydrogen (secondary N) is 1. The smallest absolute Gasteiger partial charge is 0.253 e. The van der Waals surface area contributed by atoms with Crippen LogP contribution in [0.2, 0.25) is 0 Å². The van der Waals surface area contributed by atoms with Crippen molar-refractivity contribution in [2.75, 3.05) is 44.8 Å². The molecule has 36 heavy (non-hydrogen) atoms. The molecule has 1 aliphatic rings. The third kappa shape index (κ3) is 4.87. The number of methoxy groups -OCH3 is 1. The zero-order valence-electron chi connectivity index (χ0n) is 20.5. The Morgan fingerprint density at radius 1 is 1.08 bits per heavy atom. The minimum absolute atomic E-state index is 0.154. The van der Waals surface area contributed by atoms with E-state index in [0.29, 0.717) is 37.6 Å². The largest absolute Gasteiger partial charge is 0.383 e. The van der Waals surface area contributed by atoms with Gasteiger partial charge in [0.2, 0.25) is 0 Å². The highest BCUT2D eigenvalue weighted by molar-refractivity contribution is 5.80. The number of pyridine rings is 1. The summed E-state index contributed by atoms with van der Waals surface area (Å²) in [4.78, 5) is 20.9. The molecule has 1 aliphatic heterocycles. The van der Waals surface area contributed by atoms with Crippen LogP contribution >= 0.6 is 0 Å². The molecule has 3 heterocycles. The fourth-order valence-corrected chi connectivity index (χ4v) is 4.83. The second kappa shape index (κ2) is 10.5. The first-order valence-electron chi connectivity index (χ1n) is 12.2. The first kappa shape index (κ1) is 24.1. The lowest BCUT2D eigenvalue weighted by Gasteiger charge is -2.39. The number of piperazine rings is 1. The molecular formula is C26H30FN7O2. The van der Waals surface area contributed by atoms with E-state index in [0.717, 1.165) is 36.1 Å². The van der Waals surface area contributed by atoms with E-state index in [9.17, 15) is 9.18 Å². The lowest BCUT2D eigenvalue weighted by atomic mass is 10.0. The molecule has 1 saturated heterocycles. The zero-order valence-corrected chi connectivity index (χ0v) is 20.5. The highest BCUT2D eigenvalue weighted by Crippen LogP contribution is 2.29. The maximum absolute atomic E-state index is 13.4. The Labute approximate surface area is 208 Å². The number of aromatic nitrogens is 5. The summed E-state index contributed by atoms with van der Waals surface area (Å²) in [7, 11) is 1.63. The van der Waals surface area contributed by atoms with Crippen molar-refractivity contribution in [2.45, 2.75) is 25.9 Å². The average molecular weight is 492 g/mol. The number of ether oxygens (including phenoxy) is 1. The summed E-state index contributed by atoms with van der Waals surface area (Å²) in [6, 6.07) is 14.2. The molecule has 10 heteroatoms. The van der Waals surface area contributed by atoms with Crippen LogP contribution in [0.25, 0.3) is 10.9 Å². The van der Waals surface area contributed by atoms with Crippen molar-refractivity contribution in [1.29, 1.82) is 0 Å². The number of nitrogens with zero attached hydrogens (tertiary/aromatic N) is 6. The second-order valence-corrected chi connectivity index (χ2v) is 8.98. The Kier molecular flexibility index (Phi) is 7.06. The summed E-state index contributed by atoms with van der Waals surface area (Å²) in [5.74, 6) is 0.362. The summed E-state index contributed by atoms with van der Waals surface area (Å²) in [6.45, 7) is 5.88. The number of aryl methyl sites for hydroxylation is 1. The first-order valence-corrected chi connectivity index (χ1v) is 12.2. The minimum Gasteiger partial charge on any atom is -0.383 e. The molecule has 4 aromatic rings. The average Bonchev–Trinajstić information content (AvgIpc) is 3.36. The molecule has 0 unspecified atom stereocenters. The van der Waals surface area contributed by atoms with Crippen LogP contribution in [0.4, 0.5) is 10.1 Å². The molecule has 9 nitrogen and oxygen atoms in total. The van der Waals surface area contributed by atoms with E-state index < -0.39 is 6.04 Å². The molecule has 0 radical (unpaired) electrons. The molecule has 0 saturated carbocycles. The summed E-state index contributed by atoms with van der Waals surface area (Å²) < 4.78 is 20.4. The molecule has 188 valence electrons. The van der Waals surface area contributed by atoms with Crippen molar-refractivity contribution in [2.24, 2.45) is 0 Å². The SMILES string of the molecule is CCc1ccc2[nH]c(=O)c([C@@H](c3nnnn3CCOC)N3CCN(c4ccc(F)cc4)CC3)cc2c1. The van der Waals surface area contributed by atoms with E-state index in [1.165, 1.54) is 17.7 Å². The van der Waals surface area contributed by atoms with E-state index in [1.807, 2.05) is 18.2 Å². The lowest BCUT2D eigenvalue weighted by molar-refractivity contribution is 0.171. The Balaban J connectivity index is 1.52. The molecule has 2 aromatic carbocycles. The van der Waals surface area contributed by atoms with E-state index in [2.05, 4.69) is 43.3 Å². The standard InChI is InChI=1S/C26H30FN7O2/c1-3-18-4-9-23-19(16-18)17-22(26(35)28-23)24(25-29-30-31-34(25)14-15-36-2)33-12-10-32(11-13-33)21-7-5-20(27)6-8-21/h4-9,16-17,24H,3,10-15H2,1-2H3,(H,28,35)/t24-/m0/s1. The second-order valence-electron chi connectivity index (χ2n) is 8.98. The van der Waals surface area contributed by atoms with Crippen molar-refractivity contribution < 1.29 is 9.13 Å². The van der Waals surface area contributed by atoms with Gasteiger partial charge in [0.25, 0.3) is 5.56 Å². The molecule has 1 atom stereocenters. The Morgan fingerprint density at radius 2 is 1.86 bits per heavy atom. The molecule has 0 bridgehead atoms. The van der Waals surface area contributed by atoms with Gasteiger partial charge in [0, 0.05) is 50.1 Å². The van der Waals surface area contributed by atoms with Gasteiger partial charge in [-0.1, -0.05) is 13.0 Å². The van der Waals surface area contributed by atoms with Crippen molar-refractivity contribution >= 4 is 16.6 Å². The van der Waals surface area contributed by atoms with Crippen molar-refractivity contribution in [1.82, 2.24) is 30.1 Å². The number of rotatable bonds is 8. The molecule has 0 amide bonds. The van der Waals surface area contributed by atoms with Crippen LogP contribution in [0.5, 0.6) is 0 Å². The molecular weight excluding hydrogens is 461 g/mol. The molecule has 2 aromatic heterocycles. The summed E-state index contributed by atoms with van der Waals surface area (Å²) >= 11 is 0. The van der Waals surface area contributed by atoms with Crippen LogP contribution in [0, 0.1) is 5.82 Å². The molecule has 0 spiro atoms. The third-order valence-corrected chi connectivity index (χ3v) is 6.82. The number of tetrazole rings is 1. The van der Waals surface area contributed by atoms with E-state index in [1.54, 1.807) is 23.9 Å². The number of halogens is 1. The number of aromatic amines is 1. The first-order chi connectivity index (χ1) is 17.6. The lowest BCUT2D eigenvalue weighted by Crippen LogP contribution is -2.49. The van der Waals surface area contributed by atoms with Gasteiger partial charge in [0.15, 0.2) is 5.82 Å². The predicted octanol–water partition coefficient (Wildman–Crippen LogP) is 2.77. The van der Waals surface area contributed by atoms with Crippen LogP contribution in [0.15, 0.2) is 53.3 Å². The van der Waals surface area contributed by atoms with Crippen LogP contribution in [-0.2, 0) is 17.7 Å². The molecule has 1 N–H and O–H groups in total. The number of benzene rings is 2. The summed E-state index contributed by atoms with van der Waals surface area (Å²) in [6.07, 6.45) is 0.911. The highest BCUT2D eigenvalue weighted by atomic mass is 19.1. The van der Waals surface area contributed by atoms with Gasteiger partial charge in [0.1, 0.15) is 11.9 Å². The predicted molar refractivity (Wildman–Crippen MR) is 136 cm³/mol. The van der Waals surface area contributed by atoms with E-state index in [4.69, 9.17) is 4.74 Å². The quantitative estimate of drug-likeness (QED) is 0.405. The van der Waals surface area contributed by atoms with Crippen LogP contribution in [0.3, 0.4) is 0 Å². The number of anilines is 1. The maximum Gasteiger partial charge on any atom is 0.253 e. The summed E-state index contributed by atoms with van der Waals surface area (Å²) in [5.41, 5.74) is 3.45. The Bertz CT molecular complexity index is 1380. The van der Waals surface area contributed by atoms with Gasteiger partial charge in [-0.3, -0.25) is 9.69 Å². The van der Waals surface area contributed by atoms with E-state index in [-0.39, 0.29) is 11.4 Å². The van der Waals surface area contributed by atoms with E-state index >= 15 is 0 Å². The van der Waals surface area contributed by atoms with Crippen LogP contribution in [-0.4, -0.2) is 70.0 Å². The fraction of sp³-hybridized carbons (Fsp3) is 0.385. The number of hydrogen-bond donors (Lipinski definition) is 1. The molecule has 5 rings (SSSR count). The van der Waals surface area contributed by atoms with Crippen LogP contribution in [0.1, 0.15) is 29.9 Å². The van der Waals surface area contributed by atoms with Crippen molar-refractivity contribution in [3.8, 4) is 0 Å². The van der Waals surface area contributed by atoms with Gasteiger partial charge in [-0.2, -0.15) is 0 Å². The van der Waals surface area contributed by atoms with Crippen molar-refractivity contribution in [3.05, 3.63) is 81.7 Å². The zero-order chi connectivity index (χ0) is 25.1. The van der Waals surface area contributed by atoms with Crippen molar-refractivity contribution in [3.63, 3.8) is 0 Å². The summed E-state index contributed by atoms with van der Waals surface area (Å²) in [5, 5.41) is 13.4. The molecule has 1 fully saturated rings. The normalized spacial score (nSPS) is 15.5. The van der Waals surface area contributed by atoms with Gasteiger partial charge in [0.05, 0.1) is 13.2 Å². The van der Waals surface area contributed by atoms with Gasteiger partial charge in [-0.15, -0.1) is 5.10 Å².